The minimum Gasteiger partial charge on any atom is -0.451 e. The first-order valence-electron chi connectivity index (χ1n) is 10.5. The minimum atomic E-state index is -1.77. The fraction of sp³-hybridized carbons (Fsp3) is 0.182. The first kappa shape index (κ1) is 23.3. The van der Waals surface area contributed by atoms with Gasteiger partial charge in [-0.15, -0.1) is 0 Å². The average Bonchev–Trinajstić information content (AvgIpc) is 3.47. The van der Waals surface area contributed by atoms with E-state index in [1.165, 1.54) is 22.0 Å². The maximum Gasteiger partial charge on any atom is 0.314 e. The maximum absolute atomic E-state index is 15.2. The van der Waals surface area contributed by atoms with Gasteiger partial charge in [-0.2, -0.15) is 13.9 Å². The second-order valence-corrected chi connectivity index (χ2v) is 8.02. The molecule has 2 aromatic heterocycles. The Kier molecular flexibility index (Phi) is 5.57. The summed E-state index contributed by atoms with van der Waals surface area (Å²) in [4.78, 5) is 21.1. The van der Waals surface area contributed by atoms with Crippen molar-refractivity contribution in [1.82, 2.24) is 24.6 Å². The fourth-order valence-electron chi connectivity index (χ4n) is 4.09. The van der Waals surface area contributed by atoms with Gasteiger partial charge >= 0.3 is 6.03 Å². The largest absolute Gasteiger partial charge is 0.451 e. The van der Waals surface area contributed by atoms with E-state index in [9.17, 15) is 22.4 Å². The highest BCUT2D eigenvalue weighted by molar-refractivity contribution is 5.98. The Hall–Kier alpha value is -4.49. The zero-order chi connectivity index (χ0) is 25.7. The minimum absolute atomic E-state index is 0.0186. The van der Waals surface area contributed by atoms with Crippen molar-refractivity contribution in [3.63, 3.8) is 0 Å². The molecule has 0 unspecified atom stereocenters. The van der Waals surface area contributed by atoms with Crippen molar-refractivity contribution < 1.29 is 31.5 Å². The predicted octanol–water partition coefficient (Wildman–Crippen LogP) is 3.89. The molecule has 0 spiro atoms. The lowest BCUT2D eigenvalue weighted by atomic mass is 10.1. The lowest BCUT2D eigenvalue weighted by Crippen LogP contribution is -2.33. The molecule has 1 aliphatic rings. The SMILES string of the molecule is NC(=O)N1CC[C@@H](n2nc(-c3ccc(Oc4c(F)c(F)cc(F)c4F)cc3F)c3c(N)ncnc32)C1. The summed E-state index contributed by atoms with van der Waals surface area (Å²) in [5.74, 6) is -9.59. The second-order valence-electron chi connectivity index (χ2n) is 8.02. The van der Waals surface area contributed by atoms with Gasteiger partial charge in [0.1, 0.15) is 29.4 Å². The normalized spacial score (nSPS) is 15.6. The number of ether oxygens (including phenoxy) is 1. The van der Waals surface area contributed by atoms with Gasteiger partial charge in [-0.3, -0.25) is 0 Å². The van der Waals surface area contributed by atoms with Crippen molar-refractivity contribution in [1.29, 1.82) is 0 Å². The van der Waals surface area contributed by atoms with E-state index in [1.807, 2.05) is 0 Å². The summed E-state index contributed by atoms with van der Waals surface area (Å²) in [7, 11) is 0. The number of rotatable bonds is 4. The van der Waals surface area contributed by atoms with Gasteiger partial charge < -0.3 is 21.1 Å². The summed E-state index contributed by atoms with van der Waals surface area (Å²) in [6.07, 6.45) is 1.73. The highest BCUT2D eigenvalue weighted by Crippen LogP contribution is 2.37. The molecule has 5 rings (SSSR count). The molecule has 0 aliphatic carbocycles. The molecule has 14 heteroatoms. The lowest BCUT2D eigenvalue weighted by Gasteiger charge is -2.14. The quantitative estimate of drug-likeness (QED) is 0.320. The van der Waals surface area contributed by atoms with Gasteiger partial charge in [-0.25, -0.2) is 32.6 Å². The van der Waals surface area contributed by atoms with Gasteiger partial charge in [0.2, 0.25) is 17.4 Å². The van der Waals surface area contributed by atoms with Gasteiger partial charge in [0.25, 0.3) is 0 Å². The Morgan fingerprint density at radius 2 is 1.75 bits per heavy atom. The third-order valence-electron chi connectivity index (χ3n) is 5.83. The summed E-state index contributed by atoms with van der Waals surface area (Å²) in [5.41, 5.74) is 11.7. The monoisotopic (exact) mass is 505 g/mol. The van der Waals surface area contributed by atoms with Crippen LogP contribution < -0.4 is 16.2 Å². The van der Waals surface area contributed by atoms with Crippen LogP contribution in [-0.2, 0) is 0 Å². The highest BCUT2D eigenvalue weighted by atomic mass is 19.2. The van der Waals surface area contributed by atoms with Gasteiger partial charge in [0.05, 0.1) is 11.4 Å². The molecule has 186 valence electrons. The number of primary amides is 1. The fourth-order valence-corrected chi connectivity index (χ4v) is 4.09. The zero-order valence-corrected chi connectivity index (χ0v) is 18.2. The van der Waals surface area contributed by atoms with Crippen molar-refractivity contribution in [3.8, 4) is 22.8 Å². The van der Waals surface area contributed by atoms with Crippen molar-refractivity contribution in [3.05, 3.63) is 59.7 Å². The van der Waals surface area contributed by atoms with Crippen LogP contribution in [0.2, 0.25) is 0 Å². The smallest absolute Gasteiger partial charge is 0.314 e. The van der Waals surface area contributed by atoms with E-state index in [2.05, 4.69) is 15.1 Å². The van der Waals surface area contributed by atoms with Crippen LogP contribution in [0.3, 0.4) is 0 Å². The van der Waals surface area contributed by atoms with E-state index >= 15 is 4.39 Å². The van der Waals surface area contributed by atoms with E-state index in [1.54, 1.807) is 0 Å². The second kappa shape index (κ2) is 8.62. The number of nitrogen functional groups attached to an aromatic ring is 1. The average molecular weight is 505 g/mol. The molecule has 9 nitrogen and oxygen atoms in total. The number of amides is 2. The number of anilines is 1. The zero-order valence-electron chi connectivity index (χ0n) is 18.2. The molecule has 0 saturated carbocycles. The molecule has 0 bridgehead atoms. The summed E-state index contributed by atoms with van der Waals surface area (Å²) >= 11 is 0. The Bertz CT molecular complexity index is 1500. The van der Waals surface area contributed by atoms with E-state index in [4.69, 9.17) is 16.2 Å². The molecule has 2 aromatic carbocycles. The molecule has 1 atom stereocenters. The first-order chi connectivity index (χ1) is 17.2. The van der Waals surface area contributed by atoms with Crippen molar-refractivity contribution >= 4 is 22.9 Å². The summed E-state index contributed by atoms with van der Waals surface area (Å²) < 4.78 is 76.5. The predicted molar refractivity (Wildman–Crippen MR) is 116 cm³/mol. The molecule has 4 aromatic rings. The number of hydrogen-bond donors (Lipinski definition) is 2. The van der Waals surface area contributed by atoms with Crippen LogP contribution in [0.15, 0.2) is 30.6 Å². The van der Waals surface area contributed by atoms with Crippen molar-refractivity contribution in [2.24, 2.45) is 5.73 Å². The van der Waals surface area contributed by atoms with Crippen LogP contribution in [0.1, 0.15) is 12.5 Å². The molecule has 0 radical (unpaired) electrons. The van der Waals surface area contributed by atoms with Crippen LogP contribution in [0.4, 0.5) is 32.6 Å². The van der Waals surface area contributed by atoms with Crippen LogP contribution in [-0.4, -0.2) is 43.8 Å². The molecule has 2 amide bonds. The summed E-state index contributed by atoms with van der Waals surface area (Å²) in [6, 6.07) is 2.22. The first-order valence-corrected chi connectivity index (χ1v) is 10.5. The Morgan fingerprint density at radius 3 is 2.39 bits per heavy atom. The Balaban J connectivity index is 1.55. The molecule has 36 heavy (non-hydrogen) atoms. The number of benzene rings is 2. The lowest BCUT2D eigenvalue weighted by molar-refractivity contribution is 0.216. The number of nitrogens with zero attached hydrogens (tertiary/aromatic N) is 5. The third kappa shape index (κ3) is 3.79. The Morgan fingerprint density at radius 1 is 1.03 bits per heavy atom. The number of hydrogen-bond acceptors (Lipinski definition) is 6. The highest BCUT2D eigenvalue weighted by Gasteiger charge is 2.30. The molecular weight excluding hydrogens is 489 g/mol. The number of carbonyl (C=O) groups excluding carboxylic acids is 1. The topological polar surface area (TPSA) is 125 Å². The molecule has 1 aliphatic heterocycles. The van der Waals surface area contributed by atoms with E-state index in [0.717, 1.165) is 12.1 Å². The van der Waals surface area contributed by atoms with Gasteiger partial charge in [0.15, 0.2) is 17.3 Å². The van der Waals surface area contributed by atoms with E-state index < -0.39 is 46.6 Å². The van der Waals surface area contributed by atoms with Crippen LogP contribution >= 0.6 is 0 Å². The van der Waals surface area contributed by atoms with Crippen molar-refractivity contribution in [2.75, 3.05) is 18.8 Å². The number of likely N-dealkylation sites (tertiary alicyclic amines) is 1. The Labute approximate surface area is 199 Å². The van der Waals surface area contributed by atoms with Crippen LogP contribution in [0.25, 0.3) is 22.3 Å². The van der Waals surface area contributed by atoms with Crippen LogP contribution in [0.5, 0.6) is 11.5 Å². The van der Waals surface area contributed by atoms with Gasteiger partial charge in [0, 0.05) is 30.8 Å². The molecule has 3 heterocycles. The molecule has 1 fully saturated rings. The van der Waals surface area contributed by atoms with E-state index in [-0.39, 0.29) is 41.1 Å². The number of fused-ring (bicyclic) bond motifs is 1. The molecular formula is C22H16F5N7O2. The third-order valence-corrected chi connectivity index (χ3v) is 5.83. The number of halogens is 5. The number of nitrogens with two attached hydrogens (primary N) is 2. The number of aromatic nitrogens is 4. The maximum atomic E-state index is 15.2. The van der Waals surface area contributed by atoms with Crippen molar-refractivity contribution in [2.45, 2.75) is 12.5 Å². The molecule has 1 saturated heterocycles. The van der Waals surface area contributed by atoms with E-state index in [0.29, 0.717) is 18.6 Å². The van der Waals surface area contributed by atoms with Crippen LogP contribution in [0, 0.1) is 29.1 Å². The van der Waals surface area contributed by atoms with Gasteiger partial charge in [-0.05, 0) is 18.6 Å². The number of carbonyl (C=O) groups is 1. The summed E-state index contributed by atoms with van der Waals surface area (Å²) in [6.45, 7) is 0.650. The number of urea groups is 1. The summed E-state index contributed by atoms with van der Waals surface area (Å²) in [5, 5.41) is 4.72. The molecule has 4 N–H and O–H groups in total. The van der Waals surface area contributed by atoms with Gasteiger partial charge in [-0.1, -0.05) is 0 Å². The standard InChI is InChI=1S/C22H16F5N7O2/c23-12-5-10(36-19-16(26)13(24)6-14(25)17(19)27)1-2-11(12)18-15-20(28)30-8-31-21(15)34(32-18)9-3-4-33(7-9)22(29)35/h1-2,5-6,8-9H,3-4,7H2,(H2,29,35)(H2,28,30,31)/t9-/m1/s1.